The summed E-state index contributed by atoms with van der Waals surface area (Å²) >= 11 is 0. The third kappa shape index (κ3) is 8.66. The van der Waals surface area contributed by atoms with Gasteiger partial charge in [-0.2, -0.15) is 13.2 Å². The quantitative estimate of drug-likeness (QED) is 0.220. The van der Waals surface area contributed by atoms with Gasteiger partial charge < -0.3 is 19.1 Å². The Morgan fingerprint density at radius 3 is 2.47 bits per heavy atom. The summed E-state index contributed by atoms with van der Waals surface area (Å²) < 4.78 is 108. The molecular weight excluding hydrogens is 768 g/mol. The van der Waals surface area contributed by atoms with Crippen LogP contribution in [0.4, 0.5) is 13.2 Å². The van der Waals surface area contributed by atoms with Crippen LogP contribution in [0.3, 0.4) is 0 Å². The zero-order chi connectivity index (χ0) is 44.2. The maximum absolute atomic E-state index is 14.9. The second-order valence-corrected chi connectivity index (χ2v) is 19.4. The summed E-state index contributed by atoms with van der Waals surface area (Å²) in [6, 6.07) is 5.31. The molecule has 0 spiro atoms. The number of aromatic nitrogens is 1. The van der Waals surface area contributed by atoms with Crippen LogP contribution in [0.15, 0.2) is 42.6 Å². The molecule has 2 aromatic rings. The maximum atomic E-state index is 14.9. The minimum absolute atomic E-state index is 0.0203. The van der Waals surface area contributed by atoms with Crippen molar-refractivity contribution in [3.05, 3.63) is 42.6 Å². The summed E-state index contributed by atoms with van der Waals surface area (Å²) in [7, 11) is -6.85. The number of sulfonamides is 1. The molecule has 1 saturated heterocycles. The Morgan fingerprint density at radius 2 is 1.81 bits per heavy atom. The Balaban J connectivity index is 1.36. The lowest BCUT2D eigenvalue weighted by molar-refractivity contribution is -0.257. The van der Waals surface area contributed by atoms with Gasteiger partial charge in [0.2, 0.25) is 33.3 Å². The van der Waals surface area contributed by atoms with Crippen molar-refractivity contribution < 1.29 is 59.1 Å². The highest BCUT2D eigenvalue weighted by Gasteiger charge is 2.63. The van der Waals surface area contributed by atoms with Crippen molar-refractivity contribution in [3.8, 4) is 11.6 Å². The van der Waals surface area contributed by atoms with Crippen molar-refractivity contribution in [2.45, 2.75) is 121 Å². The van der Waals surface area contributed by atoms with E-state index in [0.29, 0.717) is 56.7 Å². The highest BCUT2D eigenvalue weighted by molar-refractivity contribution is 7.91. The predicted octanol–water partition coefficient (Wildman–Crippen LogP) is 6.46. The Hall–Kier alpha value is -4.21. The van der Waals surface area contributed by atoms with Crippen LogP contribution in [0.1, 0.15) is 96.5 Å². The molecule has 7 atom stereocenters. The SMILES string of the molecule is [2H]C([2H])([2H])Oc1cnc(O[C@@H]2C[C@H]3C(=O)C[C@]4(C(=O)NS(=O)(=O)C5(C)CC5)C[C@H]4/C=C\CC[C@@H](C)C[C@@H](C)[C@H](CC(=O)OC(C)(C)C(F)(F)F)C(=O)N3C2)c2ccccc12. The molecule has 3 heterocycles. The number of alkyl halides is 3. The molecule has 16 heteroatoms. The molecule has 57 heavy (non-hydrogen) atoms. The molecule has 0 bridgehead atoms. The van der Waals surface area contributed by atoms with Crippen LogP contribution in [-0.2, 0) is 33.9 Å². The van der Waals surface area contributed by atoms with Crippen LogP contribution < -0.4 is 14.2 Å². The van der Waals surface area contributed by atoms with Gasteiger partial charge in [0.15, 0.2) is 5.78 Å². The number of carbonyl (C=O) groups excluding carboxylic acids is 4. The fourth-order valence-corrected chi connectivity index (χ4v) is 9.46. The molecule has 12 nitrogen and oxygen atoms in total. The van der Waals surface area contributed by atoms with Crippen molar-refractivity contribution in [1.82, 2.24) is 14.6 Å². The van der Waals surface area contributed by atoms with Gasteiger partial charge >= 0.3 is 12.1 Å². The van der Waals surface area contributed by atoms with E-state index >= 15 is 0 Å². The molecule has 1 aromatic heterocycles. The van der Waals surface area contributed by atoms with Crippen molar-refractivity contribution in [1.29, 1.82) is 0 Å². The number of nitrogens with one attached hydrogen (secondary N) is 1. The van der Waals surface area contributed by atoms with Crippen LogP contribution in [0, 0.1) is 29.1 Å². The molecule has 2 aliphatic heterocycles. The van der Waals surface area contributed by atoms with Crippen molar-refractivity contribution >= 4 is 44.4 Å². The molecule has 2 amide bonds. The Kier molecular flexibility index (Phi) is 10.4. The van der Waals surface area contributed by atoms with E-state index in [-0.39, 0.29) is 36.9 Å². The first-order valence-corrected chi connectivity index (χ1v) is 20.8. The molecule has 4 aliphatic rings. The average molecular weight is 823 g/mol. The first-order chi connectivity index (χ1) is 27.8. The molecular formula is C41H52F3N3O9S. The number of halogens is 3. The summed E-state index contributed by atoms with van der Waals surface area (Å²) in [6.07, 6.45) is 0.355. The monoisotopic (exact) mass is 822 g/mol. The summed E-state index contributed by atoms with van der Waals surface area (Å²) in [5, 5.41) is 0.725. The summed E-state index contributed by atoms with van der Waals surface area (Å²) in [4.78, 5) is 62.3. The normalized spacial score (nSPS) is 30.9. The number of methoxy groups -OCH3 is 1. The van der Waals surface area contributed by atoms with Crippen molar-refractivity contribution in [2.24, 2.45) is 29.1 Å². The average Bonchev–Trinajstić information content (AvgIpc) is 4.01. The van der Waals surface area contributed by atoms with E-state index < -0.39 is 105 Å². The number of nitrogens with zero attached hydrogens (tertiary/aromatic N) is 2. The van der Waals surface area contributed by atoms with Crippen LogP contribution in [0.2, 0.25) is 0 Å². The maximum Gasteiger partial charge on any atom is 0.427 e. The largest absolute Gasteiger partial charge is 0.494 e. The van der Waals surface area contributed by atoms with Gasteiger partial charge in [0, 0.05) is 23.6 Å². The number of allylic oxidation sites excluding steroid dienone is 2. The number of fused-ring (bicyclic) bond motifs is 3. The van der Waals surface area contributed by atoms with Gasteiger partial charge in [0.1, 0.15) is 11.9 Å². The van der Waals surface area contributed by atoms with Crippen molar-refractivity contribution in [3.63, 3.8) is 0 Å². The number of carbonyl (C=O) groups is 4. The highest BCUT2D eigenvalue weighted by atomic mass is 32.2. The number of Topliss-reactive ketones (excluding diaryl/α,β-unsaturated/α-hetero) is 1. The minimum atomic E-state index is -4.90. The summed E-state index contributed by atoms with van der Waals surface area (Å²) in [6.45, 7) is 6.42. The van der Waals surface area contributed by atoms with Gasteiger partial charge in [-0.15, -0.1) is 0 Å². The van der Waals surface area contributed by atoms with Crippen LogP contribution in [0.5, 0.6) is 11.6 Å². The molecule has 3 fully saturated rings. The third-order valence-corrected chi connectivity index (χ3v) is 14.5. The first kappa shape index (κ1) is 38.3. The number of amides is 2. The van der Waals surface area contributed by atoms with Crippen LogP contribution >= 0.6 is 0 Å². The van der Waals surface area contributed by atoms with Crippen LogP contribution in [0.25, 0.3) is 10.8 Å². The smallest absolute Gasteiger partial charge is 0.427 e. The second-order valence-electron chi connectivity index (χ2n) is 17.2. The summed E-state index contributed by atoms with van der Waals surface area (Å²) in [5.41, 5.74) is -4.28. The zero-order valence-electron chi connectivity index (χ0n) is 35.7. The molecule has 6 rings (SSSR count). The molecule has 2 aliphatic carbocycles. The van der Waals surface area contributed by atoms with E-state index in [1.165, 1.54) is 11.1 Å². The van der Waals surface area contributed by atoms with Gasteiger partial charge in [-0.25, -0.2) is 13.4 Å². The Morgan fingerprint density at radius 1 is 1.11 bits per heavy atom. The van der Waals surface area contributed by atoms with E-state index in [9.17, 15) is 40.8 Å². The number of hydrogen-bond donors (Lipinski definition) is 1. The minimum Gasteiger partial charge on any atom is -0.494 e. The number of ether oxygens (including phenoxy) is 3. The van der Waals surface area contributed by atoms with Gasteiger partial charge in [-0.05, 0) is 83.1 Å². The fourth-order valence-electron chi connectivity index (χ4n) is 8.12. The fraction of sp³-hybridized carbons (Fsp3) is 0.634. The molecule has 2 saturated carbocycles. The van der Waals surface area contributed by atoms with Crippen molar-refractivity contribution in [2.75, 3.05) is 13.6 Å². The number of ketones is 1. The standard InChI is InChI=1S/C41H52F3N3O9S/c1-24-11-7-8-12-26-20-40(26,37(51)46-57(52,53)39(5)15-16-39)21-32(48)31-18-27(55-35-29-14-10-9-13-28(29)33(54-6)22-45-35)23-47(31)36(50)30(25(2)17-24)19-34(49)56-38(3,4)41(42,43)44/h8-10,12-14,22,24-27,30-31H,7,11,15-21,23H2,1-6H3,(H,46,51)/b12-8-/t24-,25-,26-,27-,30+,31+,40-/m1/s1/i6D3. The topological polar surface area (TPSA) is 158 Å². The number of hydrogen-bond acceptors (Lipinski definition) is 10. The molecule has 0 radical (unpaired) electrons. The Labute approximate surface area is 335 Å². The number of benzene rings is 1. The van der Waals surface area contributed by atoms with Gasteiger partial charge in [-0.1, -0.05) is 44.2 Å². The third-order valence-electron chi connectivity index (χ3n) is 12.3. The lowest BCUT2D eigenvalue weighted by atomic mass is 9.82. The highest BCUT2D eigenvalue weighted by Crippen LogP contribution is 2.58. The lowest BCUT2D eigenvalue weighted by Crippen LogP contribution is -2.48. The Bertz CT molecular complexity index is 2160. The van der Waals surface area contributed by atoms with Gasteiger partial charge in [0.05, 0.1) is 52.4 Å². The molecule has 1 N–H and O–H groups in total. The van der Waals surface area contributed by atoms with Gasteiger partial charge in [-0.3, -0.25) is 23.9 Å². The van der Waals surface area contributed by atoms with E-state index in [0.717, 1.165) is 0 Å². The summed E-state index contributed by atoms with van der Waals surface area (Å²) in [5.74, 6) is -5.58. The lowest BCUT2D eigenvalue weighted by Gasteiger charge is -2.33. The number of esters is 1. The van der Waals surface area contributed by atoms with E-state index in [1.54, 1.807) is 38.1 Å². The van der Waals surface area contributed by atoms with Crippen LogP contribution in [-0.4, -0.2) is 84.1 Å². The van der Waals surface area contributed by atoms with Gasteiger partial charge in [0.25, 0.3) is 0 Å². The van der Waals surface area contributed by atoms with E-state index in [2.05, 4.69) is 9.71 Å². The second kappa shape index (κ2) is 15.5. The van der Waals surface area contributed by atoms with E-state index in [1.807, 2.05) is 19.1 Å². The zero-order valence-corrected chi connectivity index (χ0v) is 33.5. The predicted molar refractivity (Wildman–Crippen MR) is 203 cm³/mol. The number of rotatable bonds is 9. The first-order valence-electron chi connectivity index (χ1n) is 20.8. The molecule has 1 aromatic carbocycles. The molecule has 0 unspecified atom stereocenters. The van der Waals surface area contributed by atoms with E-state index in [4.69, 9.17) is 18.3 Å². The number of pyridine rings is 1. The molecule has 312 valence electrons.